The van der Waals surface area contributed by atoms with E-state index in [0.29, 0.717) is 11.3 Å². The van der Waals surface area contributed by atoms with Crippen LogP contribution in [0, 0.1) is 18.3 Å². The first-order valence-electron chi connectivity index (χ1n) is 6.10. The van der Waals surface area contributed by atoms with Gasteiger partial charge in [-0.15, -0.1) is 0 Å². The van der Waals surface area contributed by atoms with E-state index < -0.39 is 5.97 Å². The maximum atomic E-state index is 11.7. The molecular weight excluding hydrogens is 256 g/mol. The van der Waals surface area contributed by atoms with Crippen LogP contribution < -0.4 is 5.73 Å². The van der Waals surface area contributed by atoms with Crippen molar-refractivity contribution >= 4 is 11.8 Å². The summed E-state index contributed by atoms with van der Waals surface area (Å²) < 4.78 is 6.39. The fourth-order valence-electron chi connectivity index (χ4n) is 1.91. The number of hydrogen-bond donors (Lipinski definition) is 1. The Balaban J connectivity index is 2.54. The van der Waals surface area contributed by atoms with Crippen molar-refractivity contribution in [3.05, 3.63) is 41.3 Å². The minimum Gasteiger partial charge on any atom is -0.461 e. The smallest absolute Gasteiger partial charge is 0.360 e. The Hall–Kier alpha value is -2.81. The minimum atomic E-state index is -0.574. The Morgan fingerprint density at radius 1 is 1.55 bits per heavy atom. The molecule has 0 saturated heterocycles. The van der Waals surface area contributed by atoms with Crippen molar-refractivity contribution in [3.63, 3.8) is 0 Å². The normalized spacial score (nSPS) is 10.1. The molecular formula is C14H14N4O2. The van der Waals surface area contributed by atoms with E-state index in [1.165, 1.54) is 10.9 Å². The summed E-state index contributed by atoms with van der Waals surface area (Å²) in [4.78, 5) is 15.7. The van der Waals surface area contributed by atoms with Crippen LogP contribution >= 0.6 is 0 Å². The van der Waals surface area contributed by atoms with Crippen molar-refractivity contribution in [2.24, 2.45) is 0 Å². The maximum absolute atomic E-state index is 11.7. The molecule has 0 atom stereocenters. The van der Waals surface area contributed by atoms with Gasteiger partial charge in [0.05, 0.1) is 17.9 Å². The number of nitrogen functional groups attached to an aromatic ring is 1. The number of esters is 1. The van der Waals surface area contributed by atoms with Gasteiger partial charge < -0.3 is 10.5 Å². The number of aryl methyl sites for hydroxylation is 1. The number of ether oxygens (including phenoxy) is 1. The zero-order valence-corrected chi connectivity index (χ0v) is 11.3. The summed E-state index contributed by atoms with van der Waals surface area (Å²) in [5.41, 5.74) is 7.90. The maximum Gasteiger partial charge on any atom is 0.360 e. The molecule has 0 aliphatic rings. The highest BCUT2D eigenvalue weighted by molar-refractivity contribution is 5.92. The molecule has 102 valence electrons. The molecule has 1 heterocycles. The van der Waals surface area contributed by atoms with Crippen molar-refractivity contribution in [1.82, 2.24) is 9.55 Å². The molecule has 1 aromatic carbocycles. The first kappa shape index (κ1) is 13.6. The van der Waals surface area contributed by atoms with Gasteiger partial charge in [-0.25, -0.2) is 9.78 Å². The average Bonchev–Trinajstić information content (AvgIpc) is 2.80. The van der Waals surface area contributed by atoms with Gasteiger partial charge in [0.25, 0.3) is 0 Å². The topological polar surface area (TPSA) is 93.9 Å². The third-order valence-electron chi connectivity index (χ3n) is 2.90. The summed E-state index contributed by atoms with van der Waals surface area (Å²) in [6.45, 7) is 3.79. The second-order valence-corrected chi connectivity index (χ2v) is 4.15. The predicted molar refractivity (Wildman–Crippen MR) is 73.4 cm³/mol. The number of nitrogens with zero attached hydrogens (tertiary/aromatic N) is 3. The highest BCUT2D eigenvalue weighted by Crippen LogP contribution is 2.22. The van der Waals surface area contributed by atoms with Gasteiger partial charge in [0.2, 0.25) is 0 Å². The van der Waals surface area contributed by atoms with Crippen LogP contribution in [0.15, 0.2) is 24.5 Å². The van der Waals surface area contributed by atoms with E-state index in [9.17, 15) is 10.1 Å². The molecule has 6 heteroatoms. The van der Waals surface area contributed by atoms with Crippen LogP contribution in [0.1, 0.15) is 28.5 Å². The number of rotatable bonds is 3. The Morgan fingerprint density at radius 2 is 2.30 bits per heavy atom. The molecule has 2 aromatic rings. The van der Waals surface area contributed by atoms with E-state index in [2.05, 4.69) is 11.1 Å². The Labute approximate surface area is 116 Å². The quantitative estimate of drug-likeness (QED) is 0.858. The van der Waals surface area contributed by atoms with Gasteiger partial charge in [-0.05, 0) is 25.5 Å². The predicted octanol–water partition coefficient (Wildman–Crippen LogP) is 1.81. The third-order valence-corrected chi connectivity index (χ3v) is 2.90. The largest absolute Gasteiger partial charge is 0.461 e. The SMILES string of the molecule is CCOC(=O)c1ncn(-c2cccc(C)c2C#N)c1N. The molecule has 0 spiro atoms. The number of nitriles is 1. The van der Waals surface area contributed by atoms with Crippen LogP contribution in [-0.4, -0.2) is 22.1 Å². The summed E-state index contributed by atoms with van der Waals surface area (Å²) in [6.07, 6.45) is 1.41. The van der Waals surface area contributed by atoms with Crippen LogP contribution in [0.5, 0.6) is 0 Å². The van der Waals surface area contributed by atoms with Crippen molar-refractivity contribution in [2.75, 3.05) is 12.3 Å². The highest BCUT2D eigenvalue weighted by atomic mass is 16.5. The summed E-state index contributed by atoms with van der Waals surface area (Å²) in [6, 6.07) is 7.53. The molecule has 0 saturated carbocycles. The Morgan fingerprint density at radius 3 is 2.95 bits per heavy atom. The van der Waals surface area contributed by atoms with E-state index in [-0.39, 0.29) is 18.1 Å². The molecule has 0 fully saturated rings. The van der Waals surface area contributed by atoms with Gasteiger partial charge in [-0.2, -0.15) is 5.26 Å². The van der Waals surface area contributed by atoms with E-state index >= 15 is 0 Å². The lowest BCUT2D eigenvalue weighted by Gasteiger charge is -2.09. The van der Waals surface area contributed by atoms with E-state index in [4.69, 9.17) is 10.5 Å². The van der Waals surface area contributed by atoms with Crippen LogP contribution in [0.4, 0.5) is 5.82 Å². The van der Waals surface area contributed by atoms with Crippen molar-refractivity contribution < 1.29 is 9.53 Å². The Bertz CT molecular complexity index is 698. The van der Waals surface area contributed by atoms with Crippen LogP contribution in [0.25, 0.3) is 5.69 Å². The molecule has 1 aromatic heterocycles. The number of anilines is 1. The summed E-state index contributed by atoms with van der Waals surface area (Å²) in [7, 11) is 0. The third kappa shape index (κ3) is 2.21. The monoisotopic (exact) mass is 270 g/mol. The van der Waals surface area contributed by atoms with Crippen molar-refractivity contribution in [2.45, 2.75) is 13.8 Å². The summed E-state index contributed by atoms with van der Waals surface area (Å²) in [5.74, 6) is -0.416. The van der Waals surface area contributed by atoms with Crippen molar-refractivity contribution in [3.8, 4) is 11.8 Å². The Kier molecular flexibility index (Phi) is 3.71. The standard InChI is InChI=1S/C14H14N4O2/c1-3-20-14(19)12-13(16)18(8-17-12)11-6-4-5-9(2)10(11)7-15/h4-6,8H,3,16H2,1-2H3. The number of aromatic nitrogens is 2. The second-order valence-electron chi connectivity index (χ2n) is 4.15. The van der Waals surface area contributed by atoms with Crippen molar-refractivity contribution in [1.29, 1.82) is 5.26 Å². The number of hydrogen-bond acceptors (Lipinski definition) is 5. The van der Waals surface area contributed by atoms with Crippen LogP contribution in [-0.2, 0) is 4.74 Å². The molecule has 6 nitrogen and oxygen atoms in total. The minimum absolute atomic E-state index is 0.0530. The summed E-state index contributed by atoms with van der Waals surface area (Å²) in [5, 5.41) is 9.24. The van der Waals surface area contributed by atoms with Crippen LogP contribution in [0.3, 0.4) is 0 Å². The second kappa shape index (κ2) is 5.45. The fourth-order valence-corrected chi connectivity index (χ4v) is 1.91. The van der Waals surface area contributed by atoms with Gasteiger partial charge in [0, 0.05) is 0 Å². The van der Waals surface area contributed by atoms with E-state index in [1.54, 1.807) is 13.0 Å². The lowest BCUT2D eigenvalue weighted by molar-refractivity contribution is 0.0521. The molecule has 20 heavy (non-hydrogen) atoms. The molecule has 0 aliphatic carbocycles. The van der Waals surface area contributed by atoms with E-state index in [1.807, 2.05) is 19.1 Å². The first-order chi connectivity index (χ1) is 9.60. The average molecular weight is 270 g/mol. The number of imidazole rings is 1. The first-order valence-corrected chi connectivity index (χ1v) is 6.10. The van der Waals surface area contributed by atoms with Gasteiger partial charge in [0.1, 0.15) is 18.2 Å². The lowest BCUT2D eigenvalue weighted by Crippen LogP contribution is -2.10. The van der Waals surface area contributed by atoms with Gasteiger partial charge >= 0.3 is 5.97 Å². The number of benzene rings is 1. The van der Waals surface area contributed by atoms with Crippen LogP contribution in [0.2, 0.25) is 0 Å². The van der Waals surface area contributed by atoms with Gasteiger partial charge in [-0.1, -0.05) is 12.1 Å². The number of nitrogens with two attached hydrogens (primary N) is 1. The highest BCUT2D eigenvalue weighted by Gasteiger charge is 2.19. The number of carbonyl (C=O) groups is 1. The molecule has 2 rings (SSSR count). The van der Waals surface area contributed by atoms with E-state index in [0.717, 1.165) is 5.56 Å². The molecule has 0 bridgehead atoms. The van der Waals surface area contributed by atoms with Gasteiger partial charge in [-0.3, -0.25) is 4.57 Å². The molecule has 0 radical (unpaired) electrons. The number of carbonyl (C=O) groups excluding carboxylic acids is 1. The lowest BCUT2D eigenvalue weighted by atomic mass is 10.1. The van der Waals surface area contributed by atoms with Gasteiger partial charge in [0.15, 0.2) is 5.69 Å². The molecule has 0 unspecified atom stereocenters. The zero-order chi connectivity index (χ0) is 14.7. The zero-order valence-electron chi connectivity index (χ0n) is 11.3. The molecule has 0 amide bonds. The molecule has 2 N–H and O–H groups in total. The fraction of sp³-hybridized carbons (Fsp3) is 0.214. The molecule has 0 aliphatic heterocycles. The summed E-state index contributed by atoms with van der Waals surface area (Å²) >= 11 is 0.